The molecule has 20 heavy (non-hydrogen) atoms. The molecule has 0 aliphatic heterocycles. The molecule has 0 amide bonds. The van der Waals surface area contributed by atoms with E-state index in [1.165, 1.54) is 6.07 Å². The molecule has 98 valence electrons. The average molecular weight is 280 g/mol. The molecule has 0 radical (unpaired) electrons. The van der Waals surface area contributed by atoms with Crippen molar-refractivity contribution in [3.63, 3.8) is 0 Å². The van der Waals surface area contributed by atoms with E-state index in [-0.39, 0.29) is 5.56 Å². The largest absolute Gasteiger partial charge is 0.332 e. The van der Waals surface area contributed by atoms with Crippen molar-refractivity contribution in [2.45, 2.75) is 0 Å². The average Bonchev–Trinajstić information content (AvgIpc) is 2.47. The van der Waals surface area contributed by atoms with Crippen LogP contribution in [0.5, 0.6) is 0 Å². The second-order valence-corrected chi connectivity index (χ2v) is 4.85. The van der Waals surface area contributed by atoms with Crippen LogP contribution in [0.3, 0.4) is 0 Å². The van der Waals surface area contributed by atoms with E-state index in [2.05, 4.69) is 22.1 Å². The van der Waals surface area contributed by atoms with Crippen LogP contribution >= 0.6 is 12.2 Å². The van der Waals surface area contributed by atoms with Gasteiger partial charge in [0, 0.05) is 6.07 Å². The van der Waals surface area contributed by atoms with E-state index in [9.17, 15) is 4.79 Å². The van der Waals surface area contributed by atoms with Gasteiger partial charge in [-0.3, -0.25) is 9.78 Å². The number of nitrogens with one attached hydrogen (secondary N) is 2. The van der Waals surface area contributed by atoms with Crippen LogP contribution in [-0.4, -0.2) is 9.97 Å². The number of aromatic amines is 2. The quantitative estimate of drug-likeness (QED) is 0.702. The number of hydrogen-bond donors (Lipinski definition) is 2. The van der Waals surface area contributed by atoms with Crippen LogP contribution in [0, 0.1) is 4.77 Å². The normalized spacial score (nSPS) is 10.4. The van der Waals surface area contributed by atoms with Crippen LogP contribution in [0.1, 0.15) is 0 Å². The second-order valence-electron chi connectivity index (χ2n) is 4.44. The van der Waals surface area contributed by atoms with E-state index in [0.29, 0.717) is 4.77 Å². The smallest absolute Gasteiger partial charge is 0.252 e. The number of benzene rings is 2. The van der Waals surface area contributed by atoms with Gasteiger partial charge in [0.05, 0.1) is 5.69 Å². The Hall–Kier alpha value is -2.46. The van der Waals surface area contributed by atoms with E-state index in [0.717, 1.165) is 22.4 Å². The molecule has 4 heteroatoms. The van der Waals surface area contributed by atoms with Gasteiger partial charge < -0.3 is 4.98 Å². The first kappa shape index (κ1) is 12.6. The highest BCUT2D eigenvalue weighted by molar-refractivity contribution is 7.71. The lowest BCUT2D eigenvalue weighted by molar-refractivity contribution is 1.09. The van der Waals surface area contributed by atoms with Crippen LogP contribution in [0.4, 0.5) is 0 Å². The summed E-state index contributed by atoms with van der Waals surface area (Å²) in [5.74, 6) is 0. The summed E-state index contributed by atoms with van der Waals surface area (Å²) >= 11 is 4.98. The van der Waals surface area contributed by atoms with Crippen molar-refractivity contribution < 1.29 is 0 Å². The summed E-state index contributed by atoms with van der Waals surface area (Å²) in [4.78, 5) is 16.9. The van der Waals surface area contributed by atoms with Crippen molar-refractivity contribution in [3.05, 3.63) is 75.8 Å². The Morgan fingerprint density at radius 3 is 2.00 bits per heavy atom. The molecule has 0 fully saturated rings. The summed E-state index contributed by atoms with van der Waals surface area (Å²) in [5, 5.41) is 0. The summed E-state index contributed by atoms with van der Waals surface area (Å²) in [5.41, 5.74) is 3.76. The van der Waals surface area contributed by atoms with Gasteiger partial charge in [-0.1, -0.05) is 54.6 Å². The van der Waals surface area contributed by atoms with Gasteiger partial charge in [-0.05, 0) is 28.9 Å². The monoisotopic (exact) mass is 280 g/mol. The fourth-order valence-corrected chi connectivity index (χ4v) is 2.31. The first-order chi connectivity index (χ1) is 9.72. The first-order valence-electron chi connectivity index (χ1n) is 6.22. The lowest BCUT2D eigenvalue weighted by Gasteiger charge is -2.04. The molecule has 0 atom stereocenters. The molecule has 3 nitrogen and oxygen atoms in total. The molecule has 0 aliphatic carbocycles. The fraction of sp³-hybridized carbons (Fsp3) is 0. The van der Waals surface area contributed by atoms with Gasteiger partial charge in [0.1, 0.15) is 0 Å². The predicted molar refractivity (Wildman–Crippen MR) is 83.1 cm³/mol. The lowest BCUT2D eigenvalue weighted by Crippen LogP contribution is -2.06. The van der Waals surface area contributed by atoms with Gasteiger partial charge >= 0.3 is 0 Å². The minimum absolute atomic E-state index is 0.198. The Kier molecular flexibility index (Phi) is 3.31. The maximum atomic E-state index is 11.4. The zero-order chi connectivity index (χ0) is 13.9. The zero-order valence-corrected chi connectivity index (χ0v) is 11.4. The second kappa shape index (κ2) is 5.27. The zero-order valence-electron chi connectivity index (χ0n) is 10.6. The Morgan fingerprint density at radius 1 is 0.750 bits per heavy atom. The highest BCUT2D eigenvalue weighted by Crippen LogP contribution is 2.22. The maximum absolute atomic E-state index is 11.4. The van der Waals surface area contributed by atoms with Gasteiger partial charge in [-0.2, -0.15) is 0 Å². The molecule has 1 aromatic heterocycles. The highest BCUT2D eigenvalue weighted by Gasteiger charge is 2.01. The fourth-order valence-electron chi connectivity index (χ4n) is 2.10. The van der Waals surface area contributed by atoms with E-state index in [1.54, 1.807) is 0 Å². The lowest BCUT2D eigenvalue weighted by atomic mass is 10.0. The molecule has 1 heterocycles. The topological polar surface area (TPSA) is 48.6 Å². The summed E-state index contributed by atoms with van der Waals surface area (Å²) < 4.78 is 0.333. The van der Waals surface area contributed by atoms with Crippen LogP contribution in [0.15, 0.2) is 65.5 Å². The van der Waals surface area contributed by atoms with Crippen molar-refractivity contribution in [3.8, 4) is 22.4 Å². The third-order valence-electron chi connectivity index (χ3n) is 3.06. The van der Waals surface area contributed by atoms with E-state index in [4.69, 9.17) is 12.2 Å². The molecule has 3 rings (SSSR count). The molecule has 0 saturated heterocycles. The maximum Gasteiger partial charge on any atom is 0.252 e. The SMILES string of the molecule is O=c1cc(-c2ccc(-c3ccccc3)cc2)[nH]c(=S)[nH]1. The summed E-state index contributed by atoms with van der Waals surface area (Å²) in [7, 11) is 0. The molecule has 0 bridgehead atoms. The van der Waals surface area contributed by atoms with Gasteiger partial charge in [0.15, 0.2) is 4.77 Å². The predicted octanol–water partition coefficient (Wildman–Crippen LogP) is 3.77. The summed E-state index contributed by atoms with van der Waals surface area (Å²) in [6.07, 6.45) is 0. The third-order valence-corrected chi connectivity index (χ3v) is 3.27. The standard InChI is InChI=1S/C16H12N2OS/c19-15-10-14(17-16(20)18-15)13-8-6-12(7-9-13)11-4-2-1-3-5-11/h1-10H,(H2,17,18,19,20). The van der Waals surface area contributed by atoms with Crippen molar-refractivity contribution in [2.75, 3.05) is 0 Å². The van der Waals surface area contributed by atoms with Gasteiger partial charge in [-0.15, -0.1) is 0 Å². The van der Waals surface area contributed by atoms with Crippen LogP contribution in [-0.2, 0) is 0 Å². The van der Waals surface area contributed by atoms with Crippen LogP contribution in [0.25, 0.3) is 22.4 Å². The molecular weight excluding hydrogens is 268 g/mol. The molecule has 0 aliphatic rings. The Balaban J connectivity index is 2.01. The Labute approximate surface area is 121 Å². The minimum Gasteiger partial charge on any atom is -0.332 e. The van der Waals surface area contributed by atoms with Crippen molar-refractivity contribution in [1.29, 1.82) is 0 Å². The first-order valence-corrected chi connectivity index (χ1v) is 6.63. The van der Waals surface area contributed by atoms with E-state index < -0.39 is 0 Å². The molecule has 0 saturated carbocycles. The van der Waals surface area contributed by atoms with E-state index >= 15 is 0 Å². The van der Waals surface area contributed by atoms with Crippen LogP contribution in [0.2, 0.25) is 0 Å². The minimum atomic E-state index is -0.198. The molecule has 2 N–H and O–H groups in total. The number of H-pyrrole nitrogens is 2. The van der Waals surface area contributed by atoms with Crippen molar-refractivity contribution in [2.24, 2.45) is 0 Å². The molecule has 3 aromatic rings. The van der Waals surface area contributed by atoms with Gasteiger partial charge in [0.2, 0.25) is 0 Å². The summed E-state index contributed by atoms with van der Waals surface area (Å²) in [6, 6.07) is 19.7. The summed E-state index contributed by atoms with van der Waals surface area (Å²) in [6.45, 7) is 0. The van der Waals surface area contributed by atoms with E-state index in [1.807, 2.05) is 42.5 Å². The third kappa shape index (κ3) is 2.60. The highest BCUT2D eigenvalue weighted by atomic mass is 32.1. The molecular formula is C16H12N2OS. The van der Waals surface area contributed by atoms with Crippen LogP contribution < -0.4 is 5.56 Å². The van der Waals surface area contributed by atoms with Crippen molar-refractivity contribution in [1.82, 2.24) is 9.97 Å². The Bertz CT molecular complexity index is 804. The molecule has 2 aromatic carbocycles. The molecule has 0 unspecified atom stereocenters. The van der Waals surface area contributed by atoms with Crippen molar-refractivity contribution >= 4 is 12.2 Å². The number of hydrogen-bond acceptors (Lipinski definition) is 2. The van der Waals surface area contributed by atoms with Gasteiger partial charge in [0.25, 0.3) is 5.56 Å². The Morgan fingerprint density at radius 2 is 1.35 bits per heavy atom. The molecule has 0 spiro atoms. The number of aromatic nitrogens is 2. The van der Waals surface area contributed by atoms with Gasteiger partial charge in [-0.25, -0.2) is 0 Å². The number of rotatable bonds is 2.